The van der Waals surface area contributed by atoms with E-state index in [1.54, 1.807) is 0 Å². The summed E-state index contributed by atoms with van der Waals surface area (Å²) in [5.41, 5.74) is 3.37. The molecule has 2 rings (SSSR count). The molecule has 1 nitrogen and oxygen atoms in total. The number of carbonyl (C=O) groups excluding carboxylic acids is 1. The first-order valence-corrected chi connectivity index (χ1v) is 6.26. The molecule has 1 aliphatic carbocycles. The quantitative estimate of drug-likeness (QED) is 0.680. The van der Waals surface area contributed by atoms with Crippen LogP contribution in [-0.2, 0) is 0 Å². The van der Waals surface area contributed by atoms with Crippen molar-refractivity contribution in [3.8, 4) is 0 Å². The van der Waals surface area contributed by atoms with Crippen LogP contribution in [0.2, 0.25) is 0 Å². The van der Waals surface area contributed by atoms with Gasteiger partial charge in [0.25, 0.3) is 0 Å². The fourth-order valence-corrected chi connectivity index (χ4v) is 2.82. The highest BCUT2D eigenvalue weighted by molar-refractivity contribution is 5.77. The normalized spacial score (nSPS) is 25.4. The Bertz CT molecular complexity index is 381. The topological polar surface area (TPSA) is 17.1 Å². The molecule has 1 aromatic carbocycles. The van der Waals surface area contributed by atoms with Gasteiger partial charge < -0.3 is 0 Å². The molecule has 2 unspecified atom stereocenters. The molecule has 0 aromatic heterocycles. The smallest absolute Gasteiger partial charge is 0.150 e. The molecule has 1 aromatic rings. The van der Waals surface area contributed by atoms with Crippen LogP contribution in [0.25, 0.3) is 0 Å². The second kappa shape index (κ2) is 4.82. The van der Waals surface area contributed by atoms with E-state index in [0.717, 1.165) is 23.3 Å². The Labute approximate surface area is 97.9 Å². The first-order chi connectivity index (χ1) is 7.70. The van der Waals surface area contributed by atoms with Crippen LogP contribution in [0, 0.1) is 12.8 Å². The molecule has 1 aliphatic rings. The lowest BCUT2D eigenvalue weighted by molar-refractivity contribution is 0.112. The number of carbonyl (C=O) groups is 1. The van der Waals surface area contributed by atoms with Gasteiger partial charge in [0.05, 0.1) is 0 Å². The van der Waals surface area contributed by atoms with Crippen molar-refractivity contribution in [1.82, 2.24) is 0 Å². The first-order valence-electron chi connectivity index (χ1n) is 6.26. The van der Waals surface area contributed by atoms with Crippen molar-refractivity contribution in [2.24, 2.45) is 5.92 Å². The third-order valence-electron chi connectivity index (χ3n) is 3.83. The zero-order valence-corrected chi connectivity index (χ0v) is 10.2. The van der Waals surface area contributed by atoms with Gasteiger partial charge in [-0.05, 0) is 42.7 Å². The number of benzene rings is 1. The van der Waals surface area contributed by atoms with Gasteiger partial charge in [0.2, 0.25) is 0 Å². The summed E-state index contributed by atoms with van der Waals surface area (Å²) >= 11 is 0. The van der Waals surface area contributed by atoms with Gasteiger partial charge in [0.15, 0.2) is 0 Å². The standard InChI is InChI=1S/C15H20O/c1-11-4-3-5-13(8-11)14-6-7-15(10-16)12(2)9-14/h6-7,9-11,13H,3-5,8H2,1-2H3. The Morgan fingerprint density at radius 1 is 1.31 bits per heavy atom. The number of aldehydes is 1. The second-order valence-corrected chi connectivity index (χ2v) is 5.20. The van der Waals surface area contributed by atoms with Crippen LogP contribution in [0.1, 0.15) is 60.0 Å². The molecule has 1 fully saturated rings. The van der Waals surface area contributed by atoms with E-state index in [1.165, 1.54) is 31.2 Å². The Morgan fingerprint density at radius 2 is 2.12 bits per heavy atom. The maximum Gasteiger partial charge on any atom is 0.150 e. The minimum atomic E-state index is 0.711. The fraction of sp³-hybridized carbons (Fsp3) is 0.533. The van der Waals surface area contributed by atoms with Crippen LogP contribution < -0.4 is 0 Å². The average molecular weight is 216 g/mol. The molecule has 0 heterocycles. The number of hydrogen-bond donors (Lipinski definition) is 0. The molecule has 0 N–H and O–H groups in total. The summed E-state index contributed by atoms with van der Waals surface area (Å²) in [6.07, 6.45) is 6.29. The van der Waals surface area contributed by atoms with Gasteiger partial charge in [0, 0.05) is 5.56 Å². The average Bonchev–Trinajstić information content (AvgIpc) is 2.29. The van der Waals surface area contributed by atoms with Crippen LogP contribution in [0.15, 0.2) is 18.2 Å². The summed E-state index contributed by atoms with van der Waals surface area (Å²) in [4.78, 5) is 10.8. The number of hydrogen-bond acceptors (Lipinski definition) is 1. The number of aryl methyl sites for hydroxylation is 1. The summed E-state index contributed by atoms with van der Waals surface area (Å²) in [7, 11) is 0. The van der Waals surface area contributed by atoms with Crippen molar-refractivity contribution in [3.05, 3.63) is 34.9 Å². The highest BCUT2D eigenvalue weighted by Gasteiger charge is 2.20. The van der Waals surface area contributed by atoms with Crippen molar-refractivity contribution in [2.45, 2.75) is 45.4 Å². The summed E-state index contributed by atoms with van der Waals surface area (Å²) < 4.78 is 0. The largest absolute Gasteiger partial charge is 0.298 e. The first kappa shape index (κ1) is 11.4. The maximum atomic E-state index is 10.8. The third kappa shape index (κ3) is 2.34. The lowest BCUT2D eigenvalue weighted by atomic mass is 9.78. The lowest BCUT2D eigenvalue weighted by Gasteiger charge is -2.27. The molecule has 0 amide bonds. The monoisotopic (exact) mass is 216 g/mol. The van der Waals surface area contributed by atoms with Crippen molar-refractivity contribution in [3.63, 3.8) is 0 Å². The van der Waals surface area contributed by atoms with Gasteiger partial charge in [-0.25, -0.2) is 0 Å². The Balaban J connectivity index is 2.20. The summed E-state index contributed by atoms with van der Waals surface area (Å²) in [5.74, 6) is 1.56. The second-order valence-electron chi connectivity index (χ2n) is 5.20. The zero-order valence-electron chi connectivity index (χ0n) is 10.2. The van der Waals surface area contributed by atoms with Crippen LogP contribution in [0.3, 0.4) is 0 Å². The fourth-order valence-electron chi connectivity index (χ4n) is 2.82. The summed E-state index contributed by atoms with van der Waals surface area (Å²) in [5, 5.41) is 0. The Kier molecular flexibility index (Phi) is 3.42. The van der Waals surface area contributed by atoms with Crippen molar-refractivity contribution < 1.29 is 4.79 Å². The third-order valence-corrected chi connectivity index (χ3v) is 3.83. The van der Waals surface area contributed by atoms with E-state index in [4.69, 9.17) is 0 Å². The molecule has 0 saturated heterocycles. The zero-order chi connectivity index (χ0) is 11.5. The highest BCUT2D eigenvalue weighted by Crippen LogP contribution is 2.36. The van der Waals surface area contributed by atoms with Gasteiger partial charge >= 0.3 is 0 Å². The van der Waals surface area contributed by atoms with E-state index < -0.39 is 0 Å². The van der Waals surface area contributed by atoms with Gasteiger partial charge in [-0.1, -0.05) is 38.0 Å². The minimum absolute atomic E-state index is 0.711. The highest BCUT2D eigenvalue weighted by atomic mass is 16.1. The predicted molar refractivity (Wildman–Crippen MR) is 66.9 cm³/mol. The van der Waals surface area contributed by atoms with Crippen LogP contribution in [0.4, 0.5) is 0 Å². The molecule has 16 heavy (non-hydrogen) atoms. The molecule has 0 aliphatic heterocycles. The van der Waals surface area contributed by atoms with Crippen molar-refractivity contribution in [1.29, 1.82) is 0 Å². The minimum Gasteiger partial charge on any atom is -0.298 e. The summed E-state index contributed by atoms with van der Waals surface area (Å²) in [6, 6.07) is 6.31. The molecule has 0 spiro atoms. The van der Waals surface area contributed by atoms with Gasteiger partial charge in [0.1, 0.15) is 6.29 Å². The molecule has 0 radical (unpaired) electrons. The van der Waals surface area contributed by atoms with E-state index in [2.05, 4.69) is 19.1 Å². The summed E-state index contributed by atoms with van der Waals surface area (Å²) in [6.45, 7) is 4.37. The number of rotatable bonds is 2. The lowest BCUT2D eigenvalue weighted by Crippen LogP contribution is -2.11. The van der Waals surface area contributed by atoms with Crippen molar-refractivity contribution in [2.75, 3.05) is 0 Å². The van der Waals surface area contributed by atoms with Crippen LogP contribution in [0.5, 0.6) is 0 Å². The van der Waals surface area contributed by atoms with E-state index in [1.807, 2.05) is 13.0 Å². The van der Waals surface area contributed by atoms with Gasteiger partial charge in [-0.2, -0.15) is 0 Å². The predicted octanol–water partition coefficient (Wildman–Crippen LogP) is 4.10. The van der Waals surface area contributed by atoms with E-state index in [9.17, 15) is 4.79 Å². The van der Waals surface area contributed by atoms with Crippen LogP contribution >= 0.6 is 0 Å². The SMILES string of the molecule is Cc1cc(C2CCCC(C)C2)ccc1C=O. The van der Waals surface area contributed by atoms with E-state index in [0.29, 0.717) is 5.92 Å². The molecule has 2 atom stereocenters. The molecule has 1 heteroatoms. The van der Waals surface area contributed by atoms with Gasteiger partial charge in [-0.15, -0.1) is 0 Å². The Hall–Kier alpha value is -1.11. The molecule has 0 bridgehead atoms. The van der Waals surface area contributed by atoms with E-state index in [-0.39, 0.29) is 0 Å². The Morgan fingerprint density at radius 3 is 2.75 bits per heavy atom. The molecular weight excluding hydrogens is 196 g/mol. The van der Waals surface area contributed by atoms with Crippen LogP contribution in [-0.4, -0.2) is 6.29 Å². The molecule has 1 saturated carbocycles. The van der Waals surface area contributed by atoms with E-state index >= 15 is 0 Å². The van der Waals surface area contributed by atoms with Gasteiger partial charge in [-0.3, -0.25) is 4.79 Å². The van der Waals surface area contributed by atoms with Crippen molar-refractivity contribution >= 4 is 6.29 Å². The molecule has 86 valence electrons. The maximum absolute atomic E-state index is 10.8. The molecular formula is C15H20O.